The lowest BCUT2D eigenvalue weighted by molar-refractivity contribution is 0.533. The molecule has 1 aromatic heterocycles. The Morgan fingerprint density at radius 3 is 2.85 bits per heavy atom. The zero-order valence-corrected chi connectivity index (χ0v) is 13.6. The average molecular weight is 357 g/mol. The van der Waals surface area contributed by atoms with Crippen LogP contribution in [0.4, 0.5) is 0 Å². The Morgan fingerprint density at radius 2 is 2.15 bits per heavy atom. The van der Waals surface area contributed by atoms with E-state index in [9.17, 15) is 8.42 Å². The normalized spacial score (nSPS) is 13.5. The average Bonchev–Trinajstić information content (AvgIpc) is 2.46. The quantitative estimate of drug-likeness (QED) is 0.809. The Kier molecular flexibility index (Phi) is 5.12. The van der Waals surface area contributed by atoms with Gasteiger partial charge >= 0.3 is 0 Å². The van der Waals surface area contributed by atoms with Crippen LogP contribution in [-0.2, 0) is 10.0 Å². The lowest BCUT2D eigenvalue weighted by Crippen LogP contribution is -2.34. The van der Waals surface area contributed by atoms with Crippen molar-refractivity contribution in [3.63, 3.8) is 0 Å². The molecule has 0 saturated heterocycles. The molecule has 0 aliphatic carbocycles. The standard InChI is InChI=1S/C14H17BrN2O2S/c1-2-12(6-8-15)17-20(18,19)14-5-3-4-11-10-16-9-7-13(11)14/h3-5,7,9-10,12,17H,2,6,8H2,1H3. The largest absolute Gasteiger partial charge is 0.264 e. The molecule has 2 rings (SSSR count). The first-order valence-electron chi connectivity index (χ1n) is 6.49. The maximum absolute atomic E-state index is 12.5. The summed E-state index contributed by atoms with van der Waals surface area (Å²) in [6.45, 7) is 1.98. The van der Waals surface area contributed by atoms with Crippen LogP contribution < -0.4 is 4.72 Å². The predicted molar refractivity (Wildman–Crippen MR) is 84.6 cm³/mol. The lowest BCUT2D eigenvalue weighted by Gasteiger charge is -2.16. The molecule has 0 aliphatic heterocycles. The van der Waals surface area contributed by atoms with E-state index in [0.29, 0.717) is 10.3 Å². The molecule has 6 heteroatoms. The first kappa shape index (κ1) is 15.4. The molecule has 0 amide bonds. The molecule has 1 heterocycles. The van der Waals surface area contributed by atoms with Crippen LogP contribution in [0.15, 0.2) is 41.6 Å². The molecule has 2 aromatic rings. The molecule has 4 nitrogen and oxygen atoms in total. The van der Waals surface area contributed by atoms with E-state index < -0.39 is 10.0 Å². The van der Waals surface area contributed by atoms with Crippen molar-refractivity contribution in [2.75, 3.05) is 5.33 Å². The van der Waals surface area contributed by atoms with Crippen molar-refractivity contribution >= 4 is 36.7 Å². The van der Waals surface area contributed by atoms with Gasteiger partial charge in [0.2, 0.25) is 10.0 Å². The Bertz CT molecular complexity index is 683. The molecule has 0 fully saturated rings. The van der Waals surface area contributed by atoms with E-state index in [-0.39, 0.29) is 6.04 Å². The van der Waals surface area contributed by atoms with E-state index in [1.165, 1.54) is 0 Å². The van der Waals surface area contributed by atoms with Crippen LogP contribution in [0.5, 0.6) is 0 Å². The number of aromatic nitrogens is 1. The smallest absolute Gasteiger partial charge is 0.241 e. The van der Waals surface area contributed by atoms with E-state index in [1.54, 1.807) is 30.6 Å². The molecule has 1 N–H and O–H groups in total. The van der Waals surface area contributed by atoms with Crippen molar-refractivity contribution in [1.29, 1.82) is 0 Å². The third-order valence-corrected chi connectivity index (χ3v) is 5.24. The van der Waals surface area contributed by atoms with Crippen molar-refractivity contribution in [1.82, 2.24) is 9.71 Å². The number of nitrogens with one attached hydrogen (secondary N) is 1. The maximum atomic E-state index is 12.5. The molecule has 0 aliphatic rings. The number of pyridine rings is 1. The van der Waals surface area contributed by atoms with Gasteiger partial charge in [-0.05, 0) is 25.0 Å². The van der Waals surface area contributed by atoms with E-state index in [2.05, 4.69) is 25.6 Å². The van der Waals surface area contributed by atoms with Gasteiger partial charge in [-0.1, -0.05) is 35.0 Å². The van der Waals surface area contributed by atoms with Crippen LogP contribution in [0, 0.1) is 0 Å². The van der Waals surface area contributed by atoms with Crippen molar-refractivity contribution in [2.45, 2.75) is 30.7 Å². The Morgan fingerprint density at radius 1 is 1.35 bits per heavy atom. The summed E-state index contributed by atoms with van der Waals surface area (Å²) >= 11 is 3.35. The third kappa shape index (κ3) is 3.37. The molecule has 1 unspecified atom stereocenters. The second-order valence-corrected chi connectivity index (χ2v) is 7.03. The minimum Gasteiger partial charge on any atom is -0.264 e. The fourth-order valence-electron chi connectivity index (χ4n) is 2.09. The molecule has 20 heavy (non-hydrogen) atoms. The molecule has 1 aromatic carbocycles. The number of hydrogen-bond acceptors (Lipinski definition) is 3. The predicted octanol–water partition coefficient (Wildman–Crippen LogP) is 3.08. The van der Waals surface area contributed by atoms with Gasteiger partial charge in [-0.25, -0.2) is 13.1 Å². The lowest BCUT2D eigenvalue weighted by atomic mass is 10.2. The van der Waals surface area contributed by atoms with Crippen molar-refractivity contribution in [3.8, 4) is 0 Å². The van der Waals surface area contributed by atoms with Gasteiger partial charge in [0, 0.05) is 34.5 Å². The number of halogens is 1. The summed E-state index contributed by atoms with van der Waals surface area (Å²) in [5.74, 6) is 0. The number of benzene rings is 1. The number of rotatable bonds is 6. The monoisotopic (exact) mass is 356 g/mol. The summed E-state index contributed by atoms with van der Waals surface area (Å²) in [6, 6.07) is 6.90. The number of sulfonamides is 1. The summed E-state index contributed by atoms with van der Waals surface area (Å²) in [4.78, 5) is 4.33. The van der Waals surface area contributed by atoms with Crippen LogP contribution >= 0.6 is 15.9 Å². The fourth-order valence-corrected chi connectivity index (χ4v) is 4.22. The van der Waals surface area contributed by atoms with E-state index in [0.717, 1.165) is 23.6 Å². The number of hydrogen-bond donors (Lipinski definition) is 1. The van der Waals surface area contributed by atoms with Crippen LogP contribution in [0.3, 0.4) is 0 Å². The molecular formula is C14H17BrN2O2S. The number of alkyl halides is 1. The van der Waals surface area contributed by atoms with E-state index >= 15 is 0 Å². The third-order valence-electron chi connectivity index (χ3n) is 3.20. The number of fused-ring (bicyclic) bond motifs is 1. The summed E-state index contributed by atoms with van der Waals surface area (Å²) < 4.78 is 27.9. The highest BCUT2D eigenvalue weighted by atomic mass is 79.9. The van der Waals surface area contributed by atoms with Gasteiger partial charge < -0.3 is 0 Å². The van der Waals surface area contributed by atoms with E-state index in [4.69, 9.17) is 0 Å². The second-order valence-electron chi connectivity index (χ2n) is 4.56. The van der Waals surface area contributed by atoms with Crippen molar-refractivity contribution in [3.05, 3.63) is 36.7 Å². The van der Waals surface area contributed by atoms with Crippen molar-refractivity contribution < 1.29 is 8.42 Å². The van der Waals surface area contributed by atoms with Crippen LogP contribution in [0.2, 0.25) is 0 Å². The molecule has 0 spiro atoms. The Hall–Kier alpha value is -0.980. The van der Waals surface area contributed by atoms with Gasteiger partial charge in [0.05, 0.1) is 4.90 Å². The molecule has 1 atom stereocenters. The first-order chi connectivity index (χ1) is 9.58. The topological polar surface area (TPSA) is 59.1 Å². The summed E-state index contributed by atoms with van der Waals surface area (Å²) in [7, 11) is -3.52. The second kappa shape index (κ2) is 6.65. The molecular weight excluding hydrogens is 340 g/mol. The summed E-state index contributed by atoms with van der Waals surface area (Å²) in [5.41, 5.74) is 0. The minimum atomic E-state index is -3.52. The number of nitrogens with zero attached hydrogens (tertiary/aromatic N) is 1. The van der Waals surface area contributed by atoms with Gasteiger partial charge in [0.1, 0.15) is 0 Å². The highest BCUT2D eigenvalue weighted by molar-refractivity contribution is 9.09. The van der Waals surface area contributed by atoms with Crippen molar-refractivity contribution in [2.24, 2.45) is 0 Å². The SMILES string of the molecule is CCC(CCBr)NS(=O)(=O)c1cccc2cnccc12. The van der Waals surface area contributed by atoms with Crippen LogP contribution in [-0.4, -0.2) is 24.8 Å². The Labute approximate surface area is 127 Å². The van der Waals surface area contributed by atoms with Gasteiger partial charge in [-0.15, -0.1) is 0 Å². The zero-order chi connectivity index (χ0) is 14.6. The zero-order valence-electron chi connectivity index (χ0n) is 11.2. The minimum absolute atomic E-state index is 0.0588. The summed E-state index contributed by atoms with van der Waals surface area (Å²) in [5, 5.41) is 2.29. The maximum Gasteiger partial charge on any atom is 0.241 e. The highest BCUT2D eigenvalue weighted by Crippen LogP contribution is 2.22. The summed E-state index contributed by atoms with van der Waals surface area (Å²) in [6.07, 6.45) is 4.81. The Balaban J connectivity index is 2.41. The van der Waals surface area contributed by atoms with Crippen LogP contribution in [0.1, 0.15) is 19.8 Å². The van der Waals surface area contributed by atoms with Gasteiger partial charge in [-0.3, -0.25) is 4.98 Å². The molecule has 0 saturated carbocycles. The molecule has 108 valence electrons. The van der Waals surface area contributed by atoms with Gasteiger partial charge in [0.15, 0.2) is 0 Å². The van der Waals surface area contributed by atoms with Gasteiger partial charge in [0.25, 0.3) is 0 Å². The molecule has 0 radical (unpaired) electrons. The van der Waals surface area contributed by atoms with Gasteiger partial charge in [-0.2, -0.15) is 0 Å². The highest BCUT2D eigenvalue weighted by Gasteiger charge is 2.20. The fraction of sp³-hybridized carbons (Fsp3) is 0.357. The first-order valence-corrected chi connectivity index (χ1v) is 9.10. The molecule has 0 bridgehead atoms. The van der Waals surface area contributed by atoms with Crippen LogP contribution in [0.25, 0.3) is 10.8 Å². The van der Waals surface area contributed by atoms with E-state index in [1.807, 2.05) is 13.0 Å².